The first-order chi connectivity index (χ1) is 18.8. The largest absolute Gasteiger partial charge is 0.694 e. The highest BCUT2D eigenvalue weighted by Gasteiger charge is 2.57. The molecule has 16 heteroatoms. The fourth-order valence-electron chi connectivity index (χ4n) is 3.13. The smallest absolute Gasteiger partial charge is 0.383 e. The van der Waals surface area contributed by atoms with E-state index in [4.69, 9.17) is 17.4 Å². The van der Waals surface area contributed by atoms with Gasteiger partial charge in [-0.15, -0.1) is 9.05 Å². The van der Waals surface area contributed by atoms with Gasteiger partial charge in [0.2, 0.25) is 0 Å². The molecule has 3 rings (SSSR count). The average Bonchev–Trinajstić information content (AvgIpc) is 2.90. The predicted octanol–water partition coefficient (Wildman–Crippen LogP) is 4.62. The van der Waals surface area contributed by atoms with Crippen molar-refractivity contribution in [3.05, 3.63) is 102 Å². The lowest BCUT2D eigenvalue weighted by Gasteiger charge is -2.14. The maximum absolute atomic E-state index is 13.6. The molecule has 3 aromatic carbocycles. The Hall–Kier alpha value is -3.09. The van der Waals surface area contributed by atoms with Crippen LogP contribution in [0.2, 0.25) is 0 Å². The van der Waals surface area contributed by atoms with Crippen LogP contribution in [0.15, 0.2) is 84.9 Å². The van der Waals surface area contributed by atoms with Crippen molar-refractivity contribution in [1.29, 1.82) is 0 Å². The number of nitrogens with zero attached hydrogens (tertiary/aromatic N) is 1. The van der Waals surface area contributed by atoms with Gasteiger partial charge in [0.25, 0.3) is 10.1 Å². The topological polar surface area (TPSA) is 160 Å². The van der Waals surface area contributed by atoms with E-state index >= 15 is 0 Å². The third-order valence-corrected chi connectivity index (χ3v) is 8.43. The lowest BCUT2D eigenvalue weighted by molar-refractivity contribution is -0.131. The Labute approximate surface area is 233 Å². The van der Waals surface area contributed by atoms with E-state index in [0.717, 1.165) is 18.4 Å². The summed E-state index contributed by atoms with van der Waals surface area (Å²) >= 11 is 0. The highest BCUT2D eigenvalue weighted by molar-refractivity contribution is 7.86. The molecular weight excluding hydrogens is 604 g/mol. The minimum atomic E-state index is -4.30. The zero-order valence-corrected chi connectivity index (χ0v) is 24.6. The zero-order valence-electron chi connectivity index (χ0n) is 21.2. The highest BCUT2D eigenvalue weighted by Crippen LogP contribution is 2.48. The summed E-state index contributed by atoms with van der Waals surface area (Å²) in [5.74, 6) is -1.42. The molecule has 0 aliphatic heterocycles. The summed E-state index contributed by atoms with van der Waals surface area (Å²) in [5, 5.41) is 0. The number of carbonyl (C=O) groups excluding carboxylic acids is 1. The molecule has 0 aliphatic rings. The molecule has 0 fully saturated rings. The number of hydrogen-bond acceptors (Lipinski definition) is 11. The molecule has 0 radical (unpaired) electrons. The number of hydrogen-bond donors (Lipinski definition) is 0. The number of amides is 1. The first kappa shape index (κ1) is 31.4. The Morgan fingerprint density at radius 3 is 1.57 bits per heavy atom. The van der Waals surface area contributed by atoms with Crippen LogP contribution in [-0.4, -0.2) is 39.7 Å². The Bertz CT molecular complexity index is 1500. The van der Waals surface area contributed by atoms with Crippen molar-refractivity contribution in [2.24, 2.45) is 0 Å². The summed E-state index contributed by atoms with van der Waals surface area (Å²) in [5.41, 5.74) is 1.10. The van der Waals surface area contributed by atoms with Gasteiger partial charge in [-0.25, -0.2) is 0 Å². The van der Waals surface area contributed by atoms with E-state index in [-0.39, 0.29) is 24.5 Å². The van der Waals surface area contributed by atoms with Crippen molar-refractivity contribution in [1.82, 2.24) is 4.44 Å². The van der Waals surface area contributed by atoms with Crippen molar-refractivity contribution >= 4 is 42.5 Å². The summed E-state index contributed by atoms with van der Waals surface area (Å²) in [7, 11) is -14.5. The molecule has 3 aromatic rings. The summed E-state index contributed by atoms with van der Waals surface area (Å²) in [6, 6.07) is 21.7. The van der Waals surface area contributed by atoms with E-state index in [9.17, 15) is 30.8 Å². The van der Waals surface area contributed by atoms with E-state index in [2.05, 4.69) is 0 Å². The molecule has 0 heterocycles. The van der Waals surface area contributed by atoms with E-state index < -0.39 is 48.6 Å². The van der Waals surface area contributed by atoms with Crippen LogP contribution in [-0.2, 0) is 60.6 Å². The van der Waals surface area contributed by atoms with Crippen LogP contribution in [0, 0.1) is 0 Å². The van der Waals surface area contributed by atoms with Crippen LogP contribution < -0.4 is 4.18 Å². The van der Waals surface area contributed by atoms with E-state index in [0.29, 0.717) is 21.8 Å². The number of benzene rings is 3. The van der Waals surface area contributed by atoms with Crippen LogP contribution in [0.5, 0.6) is 5.75 Å². The molecule has 3 atom stereocenters. The molecule has 212 valence electrons. The minimum absolute atomic E-state index is 0.0980. The van der Waals surface area contributed by atoms with Crippen molar-refractivity contribution in [2.75, 3.05) is 12.5 Å². The van der Waals surface area contributed by atoms with Crippen LogP contribution in [0.4, 0.5) is 0 Å². The normalized spacial score (nSPS) is 13.2. The molecule has 0 N–H and O–H groups in total. The Morgan fingerprint density at radius 1 is 0.725 bits per heavy atom. The Morgan fingerprint density at radius 2 is 1.18 bits per heavy atom. The molecule has 12 nitrogen and oxygen atoms in total. The standard InChI is InChI=1S/C24H25NO11P2S2/c1-39(29,30)35-22-15-13-21(14-16-22)23(36-40(2,31)32)24(26)25(37(27)33-17-19-9-5-3-6-10-19)38(28)34-18-20-11-7-4-8-12-20/h3-16,23H,17-18H2,1-2H3/q+2. The summed E-state index contributed by atoms with van der Waals surface area (Å²) < 4.78 is 94.0. The third-order valence-electron chi connectivity index (χ3n) is 4.80. The molecule has 0 aromatic heterocycles. The van der Waals surface area contributed by atoms with Gasteiger partial charge >= 0.3 is 32.4 Å². The van der Waals surface area contributed by atoms with Crippen molar-refractivity contribution in [2.45, 2.75) is 19.3 Å². The number of carbonyl (C=O) groups is 1. The highest BCUT2D eigenvalue weighted by atomic mass is 32.2. The molecule has 40 heavy (non-hydrogen) atoms. The quantitative estimate of drug-likeness (QED) is 0.181. The molecule has 1 amide bonds. The van der Waals surface area contributed by atoms with Crippen LogP contribution in [0.1, 0.15) is 22.8 Å². The maximum atomic E-state index is 13.6. The van der Waals surface area contributed by atoms with E-state index in [1.54, 1.807) is 60.7 Å². The van der Waals surface area contributed by atoms with Gasteiger partial charge in [0.05, 0.1) is 12.5 Å². The summed E-state index contributed by atoms with van der Waals surface area (Å²) in [6.45, 7) is -0.451. The van der Waals surface area contributed by atoms with Gasteiger partial charge < -0.3 is 4.18 Å². The zero-order chi connectivity index (χ0) is 29.3. The van der Waals surface area contributed by atoms with Gasteiger partial charge in [-0.2, -0.15) is 16.8 Å². The third kappa shape index (κ3) is 10.1. The molecule has 0 aliphatic carbocycles. The van der Waals surface area contributed by atoms with Crippen molar-refractivity contribution in [3.63, 3.8) is 0 Å². The molecule has 0 bridgehead atoms. The summed E-state index contributed by atoms with van der Waals surface area (Å²) in [4.78, 5) is 13.6. The second-order valence-electron chi connectivity index (χ2n) is 8.16. The van der Waals surface area contributed by atoms with Crippen LogP contribution in [0.3, 0.4) is 0 Å². The lowest BCUT2D eigenvalue weighted by atomic mass is 10.1. The SMILES string of the molecule is CS(=O)(=O)Oc1ccc(C(OS(C)(=O)=O)C(=O)N([P+](=O)OCc2ccccc2)[P+](=O)OCc2ccccc2)cc1. The van der Waals surface area contributed by atoms with Gasteiger partial charge in [-0.1, -0.05) is 72.8 Å². The average molecular weight is 630 g/mol. The van der Waals surface area contributed by atoms with Crippen LogP contribution in [0.25, 0.3) is 0 Å². The monoisotopic (exact) mass is 629 g/mol. The summed E-state index contributed by atoms with van der Waals surface area (Å²) in [6.07, 6.45) is -0.451. The Balaban J connectivity index is 1.93. The fraction of sp³-hybridized carbons (Fsp3) is 0.208. The van der Waals surface area contributed by atoms with Gasteiger partial charge in [-0.3, -0.25) is 8.98 Å². The van der Waals surface area contributed by atoms with Crippen LogP contribution >= 0.6 is 16.4 Å². The fourth-order valence-corrected chi connectivity index (χ4v) is 6.19. The maximum Gasteiger partial charge on any atom is 0.694 e. The van der Waals surface area contributed by atoms with Crippen molar-refractivity contribution < 1.29 is 48.2 Å². The molecule has 3 unspecified atom stereocenters. The van der Waals surface area contributed by atoms with Gasteiger partial charge in [0, 0.05) is 9.13 Å². The molecule has 0 saturated carbocycles. The molecule has 0 spiro atoms. The lowest BCUT2D eigenvalue weighted by Crippen LogP contribution is -2.29. The van der Waals surface area contributed by atoms with E-state index in [1.807, 2.05) is 0 Å². The minimum Gasteiger partial charge on any atom is -0.383 e. The first-order valence-electron chi connectivity index (χ1n) is 11.3. The van der Waals surface area contributed by atoms with Crippen molar-refractivity contribution in [3.8, 4) is 5.75 Å². The number of rotatable bonds is 14. The van der Waals surface area contributed by atoms with Gasteiger partial charge in [0.1, 0.15) is 23.4 Å². The van der Waals surface area contributed by atoms with Gasteiger partial charge in [0.15, 0.2) is 6.10 Å². The van der Waals surface area contributed by atoms with E-state index in [1.165, 1.54) is 12.1 Å². The first-order valence-corrected chi connectivity index (χ1v) is 17.2. The second-order valence-corrected chi connectivity index (χ2v) is 13.9. The predicted molar refractivity (Wildman–Crippen MR) is 145 cm³/mol. The molecule has 0 saturated heterocycles. The molecular formula is C24H25NO11P2S2+2. The van der Waals surface area contributed by atoms with Gasteiger partial charge in [-0.05, 0) is 28.8 Å². The second kappa shape index (κ2) is 14.0. The Kier molecular flexibility index (Phi) is 11.0.